The summed E-state index contributed by atoms with van der Waals surface area (Å²) in [6.45, 7) is 9.09. The maximum atomic E-state index is 10.9. The molecule has 1 aliphatic heterocycles. The van der Waals surface area contributed by atoms with Crippen molar-refractivity contribution in [2.75, 3.05) is 31.6 Å². The van der Waals surface area contributed by atoms with Crippen LogP contribution in [0, 0.1) is 5.41 Å². The van der Waals surface area contributed by atoms with Crippen LogP contribution in [0.25, 0.3) is 5.57 Å². The molecule has 28 heavy (non-hydrogen) atoms. The van der Waals surface area contributed by atoms with Crippen LogP contribution >= 0.6 is 23.2 Å². The Morgan fingerprint density at radius 2 is 2.11 bits per heavy atom. The number of hydrogen-bond donors (Lipinski definition) is 2. The molecule has 1 amide bonds. The van der Waals surface area contributed by atoms with Gasteiger partial charge in [-0.2, -0.15) is 0 Å². The fraction of sp³-hybridized carbons (Fsp3) is 0.524. The van der Waals surface area contributed by atoms with E-state index in [1.165, 1.54) is 0 Å². The van der Waals surface area contributed by atoms with Crippen LogP contribution in [0.4, 0.5) is 5.69 Å². The molecule has 7 heteroatoms. The number of carbonyl (C=O) groups excluding carboxylic acids is 1. The topological polar surface area (TPSA) is 62.7 Å². The normalized spacial score (nSPS) is 18.5. The molecule has 0 radical (unpaired) electrons. The van der Waals surface area contributed by atoms with E-state index in [1.54, 1.807) is 6.08 Å². The minimum atomic E-state index is -0.309. The summed E-state index contributed by atoms with van der Waals surface area (Å²) in [6, 6.07) is 5.83. The van der Waals surface area contributed by atoms with Gasteiger partial charge in [-0.15, -0.1) is 11.6 Å². The number of allylic oxidation sites excluding steroid dienone is 1. The summed E-state index contributed by atoms with van der Waals surface area (Å²) in [4.78, 5) is 15.2. The highest BCUT2D eigenvalue weighted by atomic mass is 35.5. The van der Waals surface area contributed by atoms with Crippen molar-refractivity contribution in [3.05, 3.63) is 34.9 Å². The van der Waals surface area contributed by atoms with Gasteiger partial charge in [0.1, 0.15) is 5.84 Å². The number of nitrogens with zero attached hydrogens (tertiary/aromatic N) is 1. The predicted molar refractivity (Wildman–Crippen MR) is 119 cm³/mol. The van der Waals surface area contributed by atoms with Crippen LogP contribution in [0.3, 0.4) is 0 Å². The second-order valence-electron chi connectivity index (χ2n) is 7.31. The third kappa shape index (κ3) is 6.50. The molecule has 1 fully saturated rings. The summed E-state index contributed by atoms with van der Waals surface area (Å²) in [5.41, 5.74) is 2.82. The molecule has 1 unspecified atom stereocenters. The van der Waals surface area contributed by atoms with E-state index in [1.807, 2.05) is 32.0 Å². The zero-order valence-electron chi connectivity index (χ0n) is 16.7. The maximum Gasteiger partial charge on any atom is 0.212 e. The number of benzene rings is 1. The van der Waals surface area contributed by atoms with Gasteiger partial charge < -0.3 is 15.4 Å². The molecule has 5 nitrogen and oxygen atoms in total. The molecule has 1 heterocycles. The third-order valence-electron chi connectivity index (χ3n) is 4.95. The molecule has 0 aromatic heterocycles. The summed E-state index contributed by atoms with van der Waals surface area (Å²) < 4.78 is 5.48. The Hall–Kier alpha value is -1.56. The molecule has 2 N–H and O–H groups in total. The molecule has 1 aromatic carbocycles. The van der Waals surface area contributed by atoms with E-state index in [-0.39, 0.29) is 10.8 Å². The number of aliphatic imine (C=N–C) groups is 1. The molecular weight excluding hydrogens is 397 g/mol. The van der Waals surface area contributed by atoms with Crippen LogP contribution in [-0.2, 0) is 9.53 Å². The lowest BCUT2D eigenvalue weighted by molar-refractivity contribution is -0.108. The molecule has 1 aromatic rings. The van der Waals surface area contributed by atoms with E-state index < -0.39 is 0 Å². The smallest absolute Gasteiger partial charge is 0.212 e. The maximum absolute atomic E-state index is 10.9. The number of amidine groups is 1. The molecule has 0 spiro atoms. The van der Waals surface area contributed by atoms with Crippen molar-refractivity contribution >= 4 is 46.7 Å². The summed E-state index contributed by atoms with van der Waals surface area (Å²) in [5, 5.41) is 6.43. The number of rotatable bonds is 8. The van der Waals surface area contributed by atoms with Gasteiger partial charge in [-0.25, -0.2) is 0 Å². The van der Waals surface area contributed by atoms with Gasteiger partial charge in [0.15, 0.2) is 0 Å². The first kappa shape index (κ1) is 22.7. The van der Waals surface area contributed by atoms with Crippen molar-refractivity contribution in [1.82, 2.24) is 5.32 Å². The first-order chi connectivity index (χ1) is 13.4. The van der Waals surface area contributed by atoms with Crippen LogP contribution in [0.15, 0.2) is 29.3 Å². The van der Waals surface area contributed by atoms with E-state index in [0.29, 0.717) is 23.8 Å². The van der Waals surface area contributed by atoms with Gasteiger partial charge >= 0.3 is 0 Å². The fourth-order valence-corrected chi connectivity index (χ4v) is 3.54. The van der Waals surface area contributed by atoms with Crippen molar-refractivity contribution in [1.29, 1.82) is 0 Å². The lowest BCUT2D eigenvalue weighted by atomic mass is 9.82. The Labute approximate surface area is 177 Å². The van der Waals surface area contributed by atoms with Crippen molar-refractivity contribution < 1.29 is 9.53 Å². The second kappa shape index (κ2) is 10.8. The minimum Gasteiger partial charge on any atom is -0.384 e. The van der Waals surface area contributed by atoms with Gasteiger partial charge in [0.25, 0.3) is 0 Å². The van der Waals surface area contributed by atoms with E-state index in [9.17, 15) is 4.79 Å². The standard InChI is InChI=1S/C21H29Cl2N3O2/c1-4-24-20(26-14-27)12-17(15(2)22)18-11-16(5-6-19(18)23)25-13-21(3)7-9-28-10-8-21/h5-6,11-12,14-15,25H,4,7-10,13H2,1-3H3,(H,24,26,27)/b17-12+. The zero-order chi connectivity index (χ0) is 20.6. The molecule has 0 bridgehead atoms. The van der Waals surface area contributed by atoms with Crippen molar-refractivity contribution in [3.63, 3.8) is 0 Å². The Morgan fingerprint density at radius 1 is 1.39 bits per heavy atom. The molecule has 1 saturated heterocycles. The molecule has 2 rings (SSSR count). The first-order valence-electron chi connectivity index (χ1n) is 9.60. The third-order valence-corrected chi connectivity index (χ3v) is 5.52. The lowest BCUT2D eigenvalue weighted by Gasteiger charge is -2.34. The van der Waals surface area contributed by atoms with Crippen molar-refractivity contribution in [3.8, 4) is 0 Å². The largest absolute Gasteiger partial charge is 0.384 e. The summed E-state index contributed by atoms with van der Waals surface area (Å²) in [7, 11) is 0. The minimum absolute atomic E-state index is 0.214. The van der Waals surface area contributed by atoms with Crippen LogP contribution in [-0.4, -0.2) is 43.9 Å². The number of ether oxygens (including phenoxy) is 1. The number of amides is 1. The van der Waals surface area contributed by atoms with Crippen molar-refractivity contribution in [2.45, 2.75) is 39.0 Å². The number of nitrogens with one attached hydrogen (secondary N) is 2. The Morgan fingerprint density at radius 3 is 2.71 bits per heavy atom. The van der Waals surface area contributed by atoms with Gasteiger partial charge in [0, 0.05) is 37.0 Å². The average Bonchev–Trinajstić information content (AvgIpc) is 2.66. The number of alkyl halides is 1. The summed E-state index contributed by atoms with van der Waals surface area (Å²) in [6.07, 6.45) is 4.47. The number of carbonyl (C=O) groups is 1. The van der Waals surface area contributed by atoms with Gasteiger partial charge in [-0.05, 0) is 67.5 Å². The summed E-state index contributed by atoms with van der Waals surface area (Å²) in [5.74, 6) is 0.462. The molecule has 0 saturated carbocycles. The number of anilines is 1. The molecule has 0 aliphatic carbocycles. The molecule has 1 aliphatic rings. The Bertz CT molecular complexity index is 726. The molecule has 1 atom stereocenters. The van der Waals surface area contributed by atoms with Crippen molar-refractivity contribution in [2.24, 2.45) is 10.4 Å². The van der Waals surface area contributed by atoms with E-state index >= 15 is 0 Å². The van der Waals surface area contributed by atoms with Crippen LogP contribution in [0.2, 0.25) is 5.02 Å². The number of halogens is 2. The first-order valence-corrected chi connectivity index (χ1v) is 10.4. The SMILES string of the molecule is CCN=C(/C=C(/c1cc(NCC2(C)CCOCC2)ccc1Cl)C(C)Cl)NC=O. The van der Waals surface area contributed by atoms with E-state index in [4.69, 9.17) is 27.9 Å². The predicted octanol–water partition coefficient (Wildman–Crippen LogP) is 4.74. The second-order valence-corrected chi connectivity index (χ2v) is 8.37. The monoisotopic (exact) mass is 425 g/mol. The highest BCUT2D eigenvalue weighted by Gasteiger charge is 2.27. The van der Waals surface area contributed by atoms with Gasteiger partial charge in [0.05, 0.1) is 5.38 Å². The zero-order valence-corrected chi connectivity index (χ0v) is 18.2. The van der Waals surface area contributed by atoms with Crippen LogP contribution < -0.4 is 10.6 Å². The average molecular weight is 426 g/mol. The highest BCUT2D eigenvalue weighted by molar-refractivity contribution is 6.34. The van der Waals surface area contributed by atoms with E-state index in [0.717, 1.165) is 49.4 Å². The molecular formula is C21H29Cl2N3O2. The number of hydrogen-bond acceptors (Lipinski definition) is 4. The van der Waals surface area contributed by atoms with Gasteiger partial charge in [-0.1, -0.05) is 18.5 Å². The summed E-state index contributed by atoms with van der Waals surface area (Å²) >= 11 is 12.9. The lowest BCUT2D eigenvalue weighted by Crippen LogP contribution is -2.33. The van der Waals surface area contributed by atoms with Crippen LogP contribution in [0.1, 0.15) is 39.2 Å². The van der Waals surface area contributed by atoms with Gasteiger partial charge in [0.2, 0.25) is 6.41 Å². The Balaban J connectivity index is 2.28. The quantitative estimate of drug-likeness (QED) is 0.273. The van der Waals surface area contributed by atoms with Gasteiger partial charge in [-0.3, -0.25) is 9.79 Å². The highest BCUT2D eigenvalue weighted by Crippen LogP contribution is 2.33. The molecule has 154 valence electrons. The fourth-order valence-electron chi connectivity index (χ4n) is 3.13. The van der Waals surface area contributed by atoms with Crippen LogP contribution in [0.5, 0.6) is 0 Å². The Kier molecular flexibility index (Phi) is 8.80. The van der Waals surface area contributed by atoms with E-state index in [2.05, 4.69) is 22.5 Å².